The third-order valence-electron chi connectivity index (χ3n) is 2.64. The number of hydrogen-bond acceptors (Lipinski definition) is 1. The number of rotatable bonds is 3. The average Bonchev–Trinajstić information content (AvgIpc) is 2.39. The van der Waals surface area contributed by atoms with Gasteiger partial charge in [-0.05, 0) is 28.8 Å². The van der Waals surface area contributed by atoms with Gasteiger partial charge in [-0.2, -0.15) is 0 Å². The molecular formula is C15H15N. The highest BCUT2D eigenvalue weighted by Gasteiger charge is 2.00. The molecule has 0 spiro atoms. The molecule has 0 aliphatic rings. The van der Waals surface area contributed by atoms with Crippen molar-refractivity contribution in [3.05, 3.63) is 72.3 Å². The van der Waals surface area contributed by atoms with Crippen molar-refractivity contribution >= 4 is 11.3 Å². The minimum atomic E-state index is 1.06. The molecule has 0 saturated heterocycles. The van der Waals surface area contributed by atoms with E-state index in [0.717, 1.165) is 16.8 Å². The first kappa shape index (κ1) is 10.5. The number of anilines is 1. The maximum atomic E-state index is 4.13. The molecule has 80 valence electrons. The Morgan fingerprint density at radius 2 is 1.44 bits per heavy atom. The lowest BCUT2D eigenvalue weighted by molar-refractivity contribution is 1.49. The fourth-order valence-corrected chi connectivity index (χ4v) is 1.64. The second kappa shape index (κ2) is 4.67. The van der Waals surface area contributed by atoms with Crippen molar-refractivity contribution in [3.8, 4) is 0 Å². The maximum absolute atomic E-state index is 4.13. The molecule has 1 nitrogen and oxygen atoms in total. The second-order valence-electron chi connectivity index (χ2n) is 3.67. The maximum Gasteiger partial charge on any atom is 0.0337 e. The van der Waals surface area contributed by atoms with Crippen molar-refractivity contribution < 1.29 is 0 Å². The van der Waals surface area contributed by atoms with Crippen LogP contribution in [-0.2, 0) is 0 Å². The van der Waals surface area contributed by atoms with Crippen molar-refractivity contribution in [3.63, 3.8) is 0 Å². The van der Waals surface area contributed by atoms with E-state index in [-0.39, 0.29) is 0 Å². The van der Waals surface area contributed by atoms with Crippen molar-refractivity contribution in [1.82, 2.24) is 0 Å². The number of benzene rings is 2. The first-order chi connectivity index (χ1) is 7.81. The molecule has 2 rings (SSSR count). The minimum Gasteiger partial charge on any atom is -0.388 e. The summed E-state index contributed by atoms with van der Waals surface area (Å²) in [5.41, 5.74) is 4.50. The van der Waals surface area contributed by atoms with E-state index in [2.05, 4.69) is 48.3 Å². The van der Waals surface area contributed by atoms with Crippen molar-refractivity contribution in [2.24, 2.45) is 0 Å². The molecule has 0 amide bonds. The van der Waals surface area contributed by atoms with Crippen LogP contribution in [-0.4, -0.2) is 7.05 Å². The van der Waals surface area contributed by atoms with E-state index in [1.54, 1.807) is 0 Å². The van der Waals surface area contributed by atoms with Crippen LogP contribution in [0.5, 0.6) is 0 Å². The quantitative estimate of drug-likeness (QED) is 0.811. The zero-order valence-corrected chi connectivity index (χ0v) is 9.40. The summed E-state index contributed by atoms with van der Waals surface area (Å²) in [7, 11) is 1.92. The monoisotopic (exact) mass is 209 g/mol. The molecule has 2 aromatic rings. The molecule has 16 heavy (non-hydrogen) atoms. The van der Waals surface area contributed by atoms with Gasteiger partial charge in [-0.1, -0.05) is 49.0 Å². The molecule has 0 fully saturated rings. The Hall–Kier alpha value is -2.02. The lowest BCUT2D eigenvalue weighted by Gasteiger charge is -2.07. The van der Waals surface area contributed by atoms with Crippen LogP contribution in [0.4, 0.5) is 5.69 Å². The lowest BCUT2D eigenvalue weighted by atomic mass is 10.00. The molecule has 0 saturated carbocycles. The van der Waals surface area contributed by atoms with Gasteiger partial charge in [-0.3, -0.25) is 0 Å². The Morgan fingerprint density at radius 3 is 2.00 bits per heavy atom. The first-order valence-electron chi connectivity index (χ1n) is 5.34. The van der Waals surface area contributed by atoms with E-state index in [0.29, 0.717) is 0 Å². The summed E-state index contributed by atoms with van der Waals surface area (Å²) in [6, 6.07) is 18.5. The SMILES string of the molecule is C=C(c1ccccc1)c1ccc(NC)cc1. The molecule has 0 atom stereocenters. The highest BCUT2D eigenvalue weighted by atomic mass is 14.8. The highest BCUT2D eigenvalue weighted by molar-refractivity contribution is 5.78. The van der Waals surface area contributed by atoms with Crippen LogP contribution in [0.3, 0.4) is 0 Å². The average molecular weight is 209 g/mol. The van der Waals surface area contributed by atoms with E-state index >= 15 is 0 Å². The van der Waals surface area contributed by atoms with Gasteiger partial charge < -0.3 is 5.32 Å². The van der Waals surface area contributed by atoms with Gasteiger partial charge in [0, 0.05) is 12.7 Å². The summed E-state index contributed by atoms with van der Waals surface area (Å²) in [4.78, 5) is 0. The van der Waals surface area contributed by atoms with Gasteiger partial charge in [0.2, 0.25) is 0 Å². The van der Waals surface area contributed by atoms with E-state index in [9.17, 15) is 0 Å². The predicted octanol–water partition coefficient (Wildman–Crippen LogP) is 3.79. The zero-order chi connectivity index (χ0) is 11.4. The van der Waals surface area contributed by atoms with Crippen molar-refractivity contribution in [2.75, 3.05) is 12.4 Å². The van der Waals surface area contributed by atoms with Gasteiger partial charge in [0.15, 0.2) is 0 Å². The van der Waals surface area contributed by atoms with Gasteiger partial charge in [-0.15, -0.1) is 0 Å². The summed E-state index contributed by atoms with van der Waals surface area (Å²) in [6.07, 6.45) is 0. The molecule has 1 heteroatoms. The summed E-state index contributed by atoms with van der Waals surface area (Å²) >= 11 is 0. The Morgan fingerprint density at radius 1 is 0.875 bits per heavy atom. The Labute approximate surface area is 96.4 Å². The van der Waals surface area contributed by atoms with Gasteiger partial charge in [-0.25, -0.2) is 0 Å². The topological polar surface area (TPSA) is 12.0 Å². The van der Waals surface area contributed by atoms with Gasteiger partial charge in [0.25, 0.3) is 0 Å². The Bertz CT molecular complexity index is 469. The lowest BCUT2D eigenvalue weighted by Crippen LogP contribution is -1.89. The van der Waals surface area contributed by atoms with E-state index in [1.807, 2.05) is 25.2 Å². The van der Waals surface area contributed by atoms with Crippen LogP contribution in [0.25, 0.3) is 5.57 Å². The normalized spacial score (nSPS) is 9.81. The largest absolute Gasteiger partial charge is 0.388 e. The zero-order valence-electron chi connectivity index (χ0n) is 9.40. The Kier molecular flexibility index (Phi) is 3.06. The van der Waals surface area contributed by atoms with Crippen LogP contribution >= 0.6 is 0 Å². The van der Waals surface area contributed by atoms with Crippen LogP contribution in [0.2, 0.25) is 0 Å². The molecule has 0 aliphatic heterocycles. The molecule has 1 N–H and O–H groups in total. The predicted molar refractivity (Wildman–Crippen MR) is 70.6 cm³/mol. The highest BCUT2D eigenvalue weighted by Crippen LogP contribution is 2.22. The number of hydrogen-bond donors (Lipinski definition) is 1. The minimum absolute atomic E-state index is 1.06. The van der Waals surface area contributed by atoms with Crippen LogP contribution in [0.15, 0.2) is 61.2 Å². The van der Waals surface area contributed by atoms with Crippen molar-refractivity contribution in [2.45, 2.75) is 0 Å². The Balaban J connectivity index is 2.28. The standard InChI is InChI=1S/C15H15N/c1-12(13-6-4-3-5-7-13)14-8-10-15(16-2)11-9-14/h3-11,16H,1H2,2H3. The van der Waals surface area contributed by atoms with Crippen LogP contribution < -0.4 is 5.32 Å². The van der Waals surface area contributed by atoms with Crippen molar-refractivity contribution in [1.29, 1.82) is 0 Å². The smallest absolute Gasteiger partial charge is 0.0337 e. The van der Waals surface area contributed by atoms with Gasteiger partial charge in [0.05, 0.1) is 0 Å². The molecule has 0 unspecified atom stereocenters. The van der Waals surface area contributed by atoms with Crippen LogP contribution in [0, 0.1) is 0 Å². The third kappa shape index (κ3) is 2.14. The fourth-order valence-electron chi connectivity index (χ4n) is 1.64. The summed E-state index contributed by atoms with van der Waals surface area (Å²) in [5, 5.41) is 3.10. The van der Waals surface area contributed by atoms with E-state index < -0.39 is 0 Å². The molecule has 0 bridgehead atoms. The van der Waals surface area contributed by atoms with E-state index in [1.165, 1.54) is 5.56 Å². The number of nitrogens with one attached hydrogen (secondary N) is 1. The molecule has 2 aromatic carbocycles. The molecular weight excluding hydrogens is 194 g/mol. The second-order valence-corrected chi connectivity index (χ2v) is 3.67. The van der Waals surface area contributed by atoms with Crippen LogP contribution in [0.1, 0.15) is 11.1 Å². The molecule has 0 radical (unpaired) electrons. The summed E-state index contributed by atoms with van der Waals surface area (Å²) < 4.78 is 0. The fraction of sp³-hybridized carbons (Fsp3) is 0.0667. The van der Waals surface area contributed by atoms with Gasteiger partial charge >= 0.3 is 0 Å². The van der Waals surface area contributed by atoms with Gasteiger partial charge in [0.1, 0.15) is 0 Å². The molecule has 0 heterocycles. The summed E-state index contributed by atoms with van der Waals surface area (Å²) in [5.74, 6) is 0. The summed E-state index contributed by atoms with van der Waals surface area (Å²) in [6.45, 7) is 4.13. The van der Waals surface area contributed by atoms with E-state index in [4.69, 9.17) is 0 Å². The first-order valence-corrected chi connectivity index (χ1v) is 5.34. The molecule has 0 aromatic heterocycles. The molecule has 0 aliphatic carbocycles. The third-order valence-corrected chi connectivity index (χ3v) is 2.64.